The molecule has 1 fully saturated rings. The summed E-state index contributed by atoms with van der Waals surface area (Å²) in [5.74, 6) is -0.770. The molecule has 1 aliphatic rings. The average molecular weight is 517 g/mol. The predicted molar refractivity (Wildman–Crippen MR) is 140 cm³/mol. The van der Waals surface area contributed by atoms with Crippen LogP contribution >= 0.6 is 12.4 Å². The number of nitrogens with one attached hydrogen (secondary N) is 1. The van der Waals surface area contributed by atoms with E-state index in [0.717, 1.165) is 42.7 Å². The monoisotopic (exact) mass is 516 g/mol. The molecule has 1 N–H and O–H groups in total. The van der Waals surface area contributed by atoms with Crippen molar-refractivity contribution in [3.05, 3.63) is 59.8 Å². The van der Waals surface area contributed by atoms with Crippen LogP contribution in [0.4, 0.5) is 10.1 Å². The zero-order valence-corrected chi connectivity index (χ0v) is 22.2. The van der Waals surface area contributed by atoms with Crippen molar-refractivity contribution in [3.8, 4) is 11.1 Å². The third kappa shape index (κ3) is 5.68. The molecule has 3 aromatic rings. The van der Waals surface area contributed by atoms with Crippen LogP contribution in [0, 0.1) is 12.7 Å². The fraction of sp³-hybridized carbons (Fsp3) is 0.462. The van der Waals surface area contributed by atoms with Crippen LogP contribution in [0.3, 0.4) is 0 Å². The SMILES string of the molecule is CNC1CCCN(c2cnccc2-c2ccc(CN(C(=O)c3ncno3)C(C)(C)C)c(C)c2F)C1.Cl. The Labute approximate surface area is 217 Å². The summed E-state index contributed by atoms with van der Waals surface area (Å²) in [4.78, 5) is 25.1. The first-order valence-electron chi connectivity index (χ1n) is 11.9. The minimum Gasteiger partial charge on any atom is -0.368 e. The summed E-state index contributed by atoms with van der Waals surface area (Å²) in [7, 11) is 1.98. The number of carbonyl (C=O) groups is 1. The van der Waals surface area contributed by atoms with Gasteiger partial charge in [0.1, 0.15) is 5.82 Å². The van der Waals surface area contributed by atoms with Crippen LogP contribution in [0.15, 0.2) is 41.4 Å². The summed E-state index contributed by atoms with van der Waals surface area (Å²) in [6.07, 6.45) is 6.90. The molecule has 3 heterocycles. The summed E-state index contributed by atoms with van der Waals surface area (Å²) in [6.45, 7) is 9.49. The maximum Gasteiger partial charge on any atom is 0.315 e. The maximum atomic E-state index is 15.9. The van der Waals surface area contributed by atoms with Crippen molar-refractivity contribution < 1.29 is 13.7 Å². The topological polar surface area (TPSA) is 87.4 Å². The Bertz CT molecular complexity index is 1180. The number of amides is 1. The lowest BCUT2D eigenvalue weighted by Crippen LogP contribution is -2.45. The van der Waals surface area contributed by atoms with Gasteiger partial charge in [0.25, 0.3) is 0 Å². The standard InChI is InChI=1S/C26H33FN6O2.ClH/c1-17-18(14-33(26(2,3)4)25(34)24-30-16-31-35-24)8-9-21(23(17)27)20-10-11-29-13-22(20)32-12-6-7-19(15-32)28-5;/h8-11,13,16,19,28H,6-7,12,14-15H2,1-5H3;1H. The number of benzene rings is 1. The number of piperidine rings is 1. The minimum absolute atomic E-state index is 0. The highest BCUT2D eigenvalue weighted by molar-refractivity contribution is 5.90. The number of rotatable bonds is 6. The van der Waals surface area contributed by atoms with E-state index in [9.17, 15) is 4.79 Å². The number of hydrogen-bond donors (Lipinski definition) is 1. The maximum absolute atomic E-state index is 15.9. The molecule has 1 atom stereocenters. The zero-order chi connectivity index (χ0) is 25.2. The largest absolute Gasteiger partial charge is 0.368 e. The van der Waals surface area contributed by atoms with Crippen molar-refractivity contribution in [3.63, 3.8) is 0 Å². The van der Waals surface area contributed by atoms with Crippen LogP contribution in [-0.4, -0.2) is 57.6 Å². The van der Waals surface area contributed by atoms with Crippen molar-refractivity contribution in [2.24, 2.45) is 0 Å². The Morgan fingerprint density at radius 1 is 1.28 bits per heavy atom. The Morgan fingerprint density at radius 3 is 2.72 bits per heavy atom. The number of aromatic nitrogens is 3. The summed E-state index contributed by atoms with van der Waals surface area (Å²) >= 11 is 0. The molecule has 1 aliphatic heterocycles. The van der Waals surface area contributed by atoms with E-state index in [0.29, 0.717) is 17.2 Å². The van der Waals surface area contributed by atoms with Gasteiger partial charge in [-0.3, -0.25) is 9.78 Å². The van der Waals surface area contributed by atoms with Gasteiger partial charge in [0.15, 0.2) is 6.33 Å². The first-order valence-corrected chi connectivity index (χ1v) is 11.9. The summed E-state index contributed by atoms with van der Waals surface area (Å²) < 4.78 is 20.8. The fourth-order valence-corrected chi connectivity index (χ4v) is 4.57. The van der Waals surface area contributed by atoms with E-state index in [1.807, 2.05) is 46.1 Å². The van der Waals surface area contributed by atoms with Gasteiger partial charge in [0, 0.05) is 48.5 Å². The van der Waals surface area contributed by atoms with E-state index >= 15 is 4.39 Å². The van der Waals surface area contributed by atoms with Crippen molar-refractivity contribution >= 4 is 24.0 Å². The summed E-state index contributed by atoms with van der Waals surface area (Å²) in [5, 5.41) is 6.90. The van der Waals surface area contributed by atoms with Gasteiger partial charge in [-0.05, 0) is 64.8 Å². The molecule has 0 saturated carbocycles. The molecule has 1 aromatic carbocycles. The van der Waals surface area contributed by atoms with Gasteiger partial charge in [-0.25, -0.2) is 4.39 Å². The quantitative estimate of drug-likeness (QED) is 0.511. The second-order valence-electron chi connectivity index (χ2n) is 9.99. The van der Waals surface area contributed by atoms with Gasteiger partial charge in [-0.15, -0.1) is 12.4 Å². The van der Waals surface area contributed by atoms with Gasteiger partial charge < -0.3 is 19.6 Å². The molecular weight excluding hydrogens is 483 g/mol. The first-order chi connectivity index (χ1) is 16.7. The molecule has 0 aliphatic carbocycles. The van der Waals surface area contributed by atoms with E-state index in [-0.39, 0.29) is 36.6 Å². The third-order valence-electron chi connectivity index (χ3n) is 6.69. The van der Waals surface area contributed by atoms with E-state index in [2.05, 4.69) is 25.3 Å². The Morgan fingerprint density at radius 2 is 2.06 bits per heavy atom. The molecule has 194 valence electrons. The number of anilines is 1. The molecule has 0 radical (unpaired) electrons. The van der Waals surface area contributed by atoms with Gasteiger partial charge in [-0.2, -0.15) is 4.98 Å². The molecule has 1 unspecified atom stereocenters. The molecule has 0 bridgehead atoms. The molecule has 1 amide bonds. The number of carbonyl (C=O) groups excluding carboxylic acids is 1. The van der Waals surface area contributed by atoms with Crippen LogP contribution in [0.2, 0.25) is 0 Å². The number of halogens is 2. The van der Waals surface area contributed by atoms with Gasteiger partial charge in [-0.1, -0.05) is 17.3 Å². The van der Waals surface area contributed by atoms with Crippen molar-refractivity contribution in [1.82, 2.24) is 25.3 Å². The highest BCUT2D eigenvalue weighted by Crippen LogP contribution is 2.35. The summed E-state index contributed by atoms with van der Waals surface area (Å²) in [5.41, 5.74) is 2.96. The van der Waals surface area contributed by atoms with Crippen molar-refractivity contribution in [2.75, 3.05) is 25.0 Å². The highest BCUT2D eigenvalue weighted by Gasteiger charge is 2.31. The predicted octanol–water partition coefficient (Wildman–Crippen LogP) is 4.63. The third-order valence-corrected chi connectivity index (χ3v) is 6.69. The molecule has 2 aromatic heterocycles. The van der Waals surface area contributed by atoms with Gasteiger partial charge in [0.2, 0.25) is 0 Å². The smallest absolute Gasteiger partial charge is 0.315 e. The first kappa shape index (κ1) is 27.5. The lowest BCUT2D eigenvalue weighted by atomic mass is 9.95. The number of hydrogen-bond acceptors (Lipinski definition) is 7. The molecule has 4 rings (SSSR count). The molecule has 0 spiro atoms. The number of likely N-dealkylation sites (N-methyl/N-ethyl adjacent to an activating group) is 1. The molecule has 8 nitrogen and oxygen atoms in total. The highest BCUT2D eigenvalue weighted by atomic mass is 35.5. The van der Waals surface area contributed by atoms with Gasteiger partial charge in [0.05, 0.1) is 11.9 Å². The van der Waals surface area contributed by atoms with Crippen LogP contribution in [0.5, 0.6) is 0 Å². The second-order valence-corrected chi connectivity index (χ2v) is 9.99. The van der Waals surface area contributed by atoms with Crippen LogP contribution in [0.1, 0.15) is 55.4 Å². The Balaban J connectivity index is 0.00000361. The lowest BCUT2D eigenvalue weighted by molar-refractivity contribution is 0.0507. The average Bonchev–Trinajstić information content (AvgIpc) is 3.39. The summed E-state index contributed by atoms with van der Waals surface area (Å²) in [6, 6.07) is 5.96. The number of nitrogens with zero attached hydrogens (tertiary/aromatic N) is 5. The number of pyridine rings is 1. The molecular formula is C26H34ClFN6O2. The van der Waals surface area contributed by atoms with Crippen LogP contribution in [-0.2, 0) is 6.54 Å². The minimum atomic E-state index is -0.538. The zero-order valence-electron chi connectivity index (χ0n) is 21.4. The molecule has 1 saturated heterocycles. The normalized spacial score (nSPS) is 15.9. The van der Waals surface area contributed by atoms with E-state index < -0.39 is 5.54 Å². The molecule has 10 heteroatoms. The van der Waals surface area contributed by atoms with Crippen molar-refractivity contribution in [2.45, 2.75) is 58.7 Å². The lowest BCUT2D eigenvalue weighted by Gasteiger charge is -2.36. The second kappa shape index (κ2) is 11.3. The Hall–Kier alpha value is -3.04. The van der Waals surface area contributed by atoms with Crippen LogP contribution < -0.4 is 10.2 Å². The van der Waals surface area contributed by atoms with E-state index in [1.54, 1.807) is 24.1 Å². The van der Waals surface area contributed by atoms with E-state index in [4.69, 9.17) is 4.52 Å². The van der Waals surface area contributed by atoms with E-state index in [1.165, 1.54) is 6.33 Å². The van der Waals surface area contributed by atoms with Crippen molar-refractivity contribution in [1.29, 1.82) is 0 Å². The van der Waals surface area contributed by atoms with Crippen LogP contribution in [0.25, 0.3) is 11.1 Å². The Kier molecular flexibility index (Phi) is 8.68. The molecule has 36 heavy (non-hydrogen) atoms. The fourth-order valence-electron chi connectivity index (χ4n) is 4.57. The van der Waals surface area contributed by atoms with Gasteiger partial charge >= 0.3 is 11.8 Å².